The van der Waals surface area contributed by atoms with Gasteiger partial charge in [-0.2, -0.15) is 0 Å². The Bertz CT molecular complexity index is 314. The van der Waals surface area contributed by atoms with E-state index in [2.05, 4.69) is 0 Å². The Morgan fingerprint density at radius 1 is 0.850 bits per heavy atom. The van der Waals surface area contributed by atoms with Crippen LogP contribution in [0.25, 0.3) is 0 Å². The number of hydrogen-bond acceptors (Lipinski definition) is 9. The van der Waals surface area contributed by atoms with Crippen molar-refractivity contribution in [3.05, 3.63) is 0 Å². The Morgan fingerprint density at radius 2 is 1.55 bits per heavy atom. The van der Waals surface area contributed by atoms with Crippen molar-refractivity contribution in [2.24, 2.45) is 0 Å². The third kappa shape index (κ3) is 3.11. The normalized spacial score (nSPS) is 50.1. The maximum atomic E-state index is 9.86. The Kier molecular flexibility index (Phi) is 5.29. The van der Waals surface area contributed by atoms with E-state index in [9.17, 15) is 25.5 Å². The lowest BCUT2D eigenvalue weighted by Gasteiger charge is -2.41. The van der Waals surface area contributed by atoms with E-state index in [0.717, 1.165) is 0 Å². The highest BCUT2D eigenvalue weighted by molar-refractivity contribution is 4.89. The Hall–Kier alpha value is -0.360. The van der Waals surface area contributed by atoms with Crippen LogP contribution in [0.1, 0.15) is 0 Å². The average molecular weight is 296 g/mol. The van der Waals surface area contributed by atoms with E-state index in [1.165, 1.54) is 0 Å². The molecular weight excluding hydrogens is 276 g/mol. The topological polar surface area (TPSA) is 149 Å². The van der Waals surface area contributed by atoms with E-state index < -0.39 is 55.6 Å². The Labute approximate surface area is 114 Å². The summed E-state index contributed by atoms with van der Waals surface area (Å²) in [4.78, 5) is 0. The molecule has 9 heteroatoms. The van der Waals surface area contributed by atoms with Crippen LogP contribution in [-0.4, -0.2) is 99.5 Å². The van der Waals surface area contributed by atoms with Crippen LogP contribution in [0, 0.1) is 0 Å². The molecule has 2 aliphatic heterocycles. The van der Waals surface area contributed by atoms with Gasteiger partial charge in [0.05, 0.1) is 19.8 Å². The molecule has 2 aliphatic rings. The second-order valence-electron chi connectivity index (χ2n) is 4.96. The van der Waals surface area contributed by atoms with Crippen LogP contribution < -0.4 is 0 Å². The molecule has 2 heterocycles. The molecule has 0 aromatic carbocycles. The molecule has 20 heavy (non-hydrogen) atoms. The quantitative estimate of drug-likeness (QED) is 0.306. The average Bonchev–Trinajstić information content (AvgIpc) is 2.44. The second-order valence-corrected chi connectivity index (χ2v) is 4.96. The van der Waals surface area contributed by atoms with E-state index >= 15 is 0 Å². The van der Waals surface area contributed by atoms with Crippen molar-refractivity contribution < 1.29 is 44.8 Å². The van der Waals surface area contributed by atoms with Crippen LogP contribution in [0.4, 0.5) is 0 Å². The van der Waals surface area contributed by atoms with Crippen molar-refractivity contribution >= 4 is 0 Å². The molecule has 0 amide bonds. The molecule has 2 rings (SSSR count). The van der Waals surface area contributed by atoms with Crippen LogP contribution >= 0.6 is 0 Å². The van der Waals surface area contributed by atoms with Gasteiger partial charge in [0, 0.05) is 0 Å². The lowest BCUT2D eigenvalue weighted by molar-refractivity contribution is -0.310. The van der Waals surface area contributed by atoms with Gasteiger partial charge in [0.25, 0.3) is 0 Å². The molecule has 0 aromatic rings. The summed E-state index contributed by atoms with van der Waals surface area (Å²) in [6.45, 7) is -0.790. The first-order valence-corrected chi connectivity index (χ1v) is 6.35. The predicted octanol–water partition coefficient (Wildman–Crippen LogP) is -4.08. The first kappa shape index (κ1) is 16.0. The molecule has 0 aliphatic carbocycles. The lowest BCUT2D eigenvalue weighted by Crippen LogP contribution is -2.59. The van der Waals surface area contributed by atoms with E-state index in [0.29, 0.717) is 0 Å². The maximum absolute atomic E-state index is 9.86. The van der Waals surface area contributed by atoms with Gasteiger partial charge in [-0.3, -0.25) is 0 Å². The molecule has 2 fully saturated rings. The van der Waals surface area contributed by atoms with Gasteiger partial charge in [0.1, 0.15) is 42.7 Å². The third-order valence-corrected chi connectivity index (χ3v) is 3.53. The molecule has 0 spiro atoms. The fourth-order valence-corrected chi connectivity index (χ4v) is 2.21. The van der Waals surface area contributed by atoms with Gasteiger partial charge in [-0.1, -0.05) is 0 Å². The van der Waals surface area contributed by atoms with E-state index in [-0.39, 0.29) is 13.2 Å². The van der Waals surface area contributed by atoms with Crippen molar-refractivity contribution in [3.8, 4) is 0 Å². The molecule has 0 unspecified atom stereocenters. The molecule has 2 saturated heterocycles. The number of aliphatic hydroxyl groups excluding tert-OH is 6. The van der Waals surface area contributed by atoms with Gasteiger partial charge >= 0.3 is 0 Å². The zero-order chi connectivity index (χ0) is 14.9. The molecule has 8 atom stereocenters. The minimum Gasteiger partial charge on any atom is -0.394 e. The van der Waals surface area contributed by atoms with Crippen molar-refractivity contribution in [1.29, 1.82) is 0 Å². The van der Waals surface area contributed by atoms with Crippen molar-refractivity contribution in [2.45, 2.75) is 49.0 Å². The highest BCUT2D eigenvalue weighted by Crippen LogP contribution is 2.23. The smallest absolute Gasteiger partial charge is 0.186 e. The van der Waals surface area contributed by atoms with Crippen LogP contribution in [0.3, 0.4) is 0 Å². The summed E-state index contributed by atoms with van der Waals surface area (Å²) in [5.74, 6) is 0. The van der Waals surface area contributed by atoms with Crippen LogP contribution in [0.5, 0.6) is 0 Å². The summed E-state index contributed by atoms with van der Waals surface area (Å²) in [6, 6.07) is 0. The fourth-order valence-electron chi connectivity index (χ4n) is 2.21. The first-order valence-electron chi connectivity index (χ1n) is 6.35. The highest BCUT2D eigenvalue weighted by atomic mass is 16.7. The largest absolute Gasteiger partial charge is 0.394 e. The standard InChI is InChI=1S/C11H20O9/c12-1-5-8(15)9(16)6(3-18-5)20-11-10(17)7(14)4(13)2-19-11/h4-17H,1-3H2/t4-,5+,6+,7-,8+,9+,10+,11+/m0/s1. The summed E-state index contributed by atoms with van der Waals surface area (Å²) in [5, 5.41) is 57.0. The van der Waals surface area contributed by atoms with Gasteiger partial charge in [0.2, 0.25) is 0 Å². The minimum atomic E-state index is -1.49. The highest BCUT2D eigenvalue weighted by Gasteiger charge is 2.44. The van der Waals surface area contributed by atoms with E-state index in [4.69, 9.17) is 19.3 Å². The number of ether oxygens (including phenoxy) is 3. The molecule has 0 aromatic heterocycles. The Balaban J connectivity index is 1.93. The SMILES string of the molecule is OC[C@H]1OC[C@@H](O[C@H]2OC[C@H](O)[C@H](O)[C@H]2O)[C@@H](O)[C@@H]1O. The number of rotatable bonds is 3. The van der Waals surface area contributed by atoms with Gasteiger partial charge in [-0.05, 0) is 0 Å². The van der Waals surface area contributed by atoms with E-state index in [1.807, 2.05) is 0 Å². The summed E-state index contributed by atoms with van der Waals surface area (Å²) in [7, 11) is 0. The van der Waals surface area contributed by atoms with Crippen LogP contribution in [0.2, 0.25) is 0 Å². The zero-order valence-corrected chi connectivity index (χ0v) is 10.6. The van der Waals surface area contributed by atoms with Crippen molar-refractivity contribution in [2.75, 3.05) is 19.8 Å². The lowest BCUT2D eigenvalue weighted by atomic mass is 10.00. The molecule has 6 N–H and O–H groups in total. The van der Waals surface area contributed by atoms with Gasteiger partial charge in [-0.25, -0.2) is 0 Å². The monoisotopic (exact) mass is 296 g/mol. The summed E-state index contributed by atoms with van der Waals surface area (Å²) >= 11 is 0. The van der Waals surface area contributed by atoms with Gasteiger partial charge in [0.15, 0.2) is 6.29 Å². The summed E-state index contributed by atoms with van der Waals surface area (Å²) in [6.07, 6.45) is -9.96. The maximum Gasteiger partial charge on any atom is 0.186 e. The van der Waals surface area contributed by atoms with Gasteiger partial charge in [-0.15, -0.1) is 0 Å². The summed E-state index contributed by atoms with van der Waals surface area (Å²) in [5.41, 5.74) is 0. The van der Waals surface area contributed by atoms with Crippen molar-refractivity contribution in [3.63, 3.8) is 0 Å². The van der Waals surface area contributed by atoms with Crippen LogP contribution in [0.15, 0.2) is 0 Å². The first-order chi connectivity index (χ1) is 9.45. The molecule has 0 saturated carbocycles. The molecule has 0 radical (unpaired) electrons. The second kappa shape index (κ2) is 6.60. The number of hydrogen-bond donors (Lipinski definition) is 6. The molecule has 9 nitrogen and oxygen atoms in total. The Morgan fingerprint density at radius 3 is 2.20 bits per heavy atom. The third-order valence-electron chi connectivity index (χ3n) is 3.53. The summed E-state index contributed by atoms with van der Waals surface area (Å²) < 4.78 is 15.4. The fraction of sp³-hybridized carbons (Fsp3) is 1.00. The van der Waals surface area contributed by atoms with Crippen molar-refractivity contribution in [1.82, 2.24) is 0 Å². The number of aliphatic hydroxyl groups is 6. The van der Waals surface area contributed by atoms with Gasteiger partial charge < -0.3 is 44.8 Å². The predicted molar refractivity (Wildman–Crippen MR) is 61.5 cm³/mol. The van der Waals surface area contributed by atoms with Crippen LogP contribution in [-0.2, 0) is 14.2 Å². The molecule has 0 bridgehead atoms. The zero-order valence-electron chi connectivity index (χ0n) is 10.6. The molecular formula is C11H20O9. The minimum absolute atomic E-state index is 0.116. The molecule has 118 valence electrons. The van der Waals surface area contributed by atoms with E-state index in [1.54, 1.807) is 0 Å².